The van der Waals surface area contributed by atoms with E-state index in [0.29, 0.717) is 25.5 Å². The van der Waals surface area contributed by atoms with E-state index in [2.05, 4.69) is 15.2 Å². The molecule has 0 saturated carbocycles. The summed E-state index contributed by atoms with van der Waals surface area (Å²) in [6, 6.07) is 9.81. The van der Waals surface area contributed by atoms with Gasteiger partial charge in [0.05, 0.1) is 11.6 Å². The lowest BCUT2D eigenvalue weighted by Gasteiger charge is -2.27. The molecule has 1 aliphatic rings. The van der Waals surface area contributed by atoms with Gasteiger partial charge in [0, 0.05) is 38.1 Å². The number of rotatable bonds is 4. The average Bonchev–Trinajstić information content (AvgIpc) is 2.93. The fourth-order valence-electron chi connectivity index (χ4n) is 3.43. The average molecular weight is 406 g/mol. The number of aryl methyl sites for hydroxylation is 1. The van der Waals surface area contributed by atoms with Crippen molar-refractivity contribution in [2.75, 3.05) is 36.4 Å². The van der Waals surface area contributed by atoms with Crippen molar-refractivity contribution in [1.29, 1.82) is 0 Å². The van der Waals surface area contributed by atoms with Gasteiger partial charge in [-0.25, -0.2) is 4.98 Å². The molecule has 1 atom stereocenters. The van der Waals surface area contributed by atoms with Crippen molar-refractivity contribution >= 4 is 17.4 Å². The summed E-state index contributed by atoms with van der Waals surface area (Å²) >= 11 is 0. The SMILES string of the molecule is Cc1cccc(NC(=O)[C@@H](C)N2CCCN(c3ccc(C(F)(F)F)cn3)CC2)c1. The van der Waals surface area contributed by atoms with E-state index in [1.165, 1.54) is 6.07 Å². The summed E-state index contributed by atoms with van der Waals surface area (Å²) < 4.78 is 38.2. The molecule has 2 heterocycles. The van der Waals surface area contributed by atoms with E-state index >= 15 is 0 Å². The fraction of sp³-hybridized carbons (Fsp3) is 0.429. The first-order chi connectivity index (χ1) is 13.7. The van der Waals surface area contributed by atoms with Gasteiger partial charge in [0.2, 0.25) is 5.91 Å². The maximum absolute atomic E-state index is 12.7. The van der Waals surface area contributed by atoms with Crippen LogP contribution in [0.4, 0.5) is 24.7 Å². The van der Waals surface area contributed by atoms with Crippen molar-refractivity contribution in [3.8, 4) is 0 Å². The normalized spacial score (nSPS) is 16.9. The molecule has 1 saturated heterocycles. The van der Waals surface area contributed by atoms with Gasteiger partial charge >= 0.3 is 6.18 Å². The van der Waals surface area contributed by atoms with Crippen LogP contribution in [0.3, 0.4) is 0 Å². The molecule has 0 bridgehead atoms. The first-order valence-electron chi connectivity index (χ1n) is 9.64. The molecule has 1 amide bonds. The second-order valence-corrected chi connectivity index (χ2v) is 7.31. The molecule has 0 unspecified atom stereocenters. The number of pyridine rings is 1. The Morgan fingerprint density at radius 3 is 2.59 bits per heavy atom. The third kappa shape index (κ3) is 5.47. The second kappa shape index (κ2) is 8.82. The predicted molar refractivity (Wildman–Crippen MR) is 107 cm³/mol. The Morgan fingerprint density at radius 2 is 1.93 bits per heavy atom. The zero-order valence-corrected chi connectivity index (χ0v) is 16.5. The topological polar surface area (TPSA) is 48.5 Å². The molecule has 0 aliphatic carbocycles. The van der Waals surface area contributed by atoms with Crippen LogP contribution >= 0.6 is 0 Å². The van der Waals surface area contributed by atoms with E-state index in [-0.39, 0.29) is 11.9 Å². The van der Waals surface area contributed by atoms with Crippen molar-refractivity contribution in [3.63, 3.8) is 0 Å². The molecule has 1 fully saturated rings. The number of amides is 1. The smallest absolute Gasteiger partial charge is 0.355 e. The number of benzene rings is 1. The van der Waals surface area contributed by atoms with Crippen LogP contribution in [0.5, 0.6) is 0 Å². The third-order valence-electron chi connectivity index (χ3n) is 5.14. The van der Waals surface area contributed by atoms with E-state index in [1.54, 1.807) is 0 Å². The Morgan fingerprint density at radius 1 is 1.14 bits per heavy atom. The number of hydrogen-bond donors (Lipinski definition) is 1. The summed E-state index contributed by atoms with van der Waals surface area (Å²) in [4.78, 5) is 20.7. The first kappa shape index (κ1) is 21.1. The molecule has 2 aromatic rings. The highest BCUT2D eigenvalue weighted by Gasteiger charge is 2.31. The van der Waals surface area contributed by atoms with Gasteiger partial charge in [-0.2, -0.15) is 13.2 Å². The molecular weight excluding hydrogens is 381 g/mol. The Balaban J connectivity index is 1.59. The monoisotopic (exact) mass is 406 g/mol. The van der Waals surface area contributed by atoms with Crippen LogP contribution in [0.25, 0.3) is 0 Å². The second-order valence-electron chi connectivity index (χ2n) is 7.31. The molecule has 5 nitrogen and oxygen atoms in total. The Hall–Kier alpha value is -2.61. The standard InChI is InChI=1S/C21H25F3N4O/c1-15-5-3-6-18(13-15)26-20(29)16(2)27-9-4-10-28(12-11-27)19-8-7-17(14-25-19)21(22,23)24/h3,5-8,13-14,16H,4,9-12H2,1-2H3,(H,26,29)/t16-/m1/s1. The lowest BCUT2D eigenvalue weighted by Crippen LogP contribution is -2.44. The predicted octanol–water partition coefficient (Wildman–Crippen LogP) is 3.95. The summed E-state index contributed by atoms with van der Waals surface area (Å²) in [7, 11) is 0. The van der Waals surface area contributed by atoms with Crippen LogP contribution in [-0.4, -0.2) is 48.0 Å². The van der Waals surface area contributed by atoms with E-state index in [9.17, 15) is 18.0 Å². The zero-order valence-electron chi connectivity index (χ0n) is 16.5. The summed E-state index contributed by atoms with van der Waals surface area (Å²) in [6.07, 6.45) is -2.72. The zero-order chi connectivity index (χ0) is 21.0. The van der Waals surface area contributed by atoms with Crippen molar-refractivity contribution in [2.24, 2.45) is 0 Å². The molecule has 1 aromatic heterocycles. The van der Waals surface area contributed by atoms with Gasteiger partial charge in [0.1, 0.15) is 5.82 Å². The number of nitrogens with zero attached hydrogens (tertiary/aromatic N) is 3. The third-order valence-corrected chi connectivity index (χ3v) is 5.14. The van der Waals surface area contributed by atoms with Gasteiger partial charge in [-0.1, -0.05) is 12.1 Å². The van der Waals surface area contributed by atoms with Gasteiger partial charge in [-0.15, -0.1) is 0 Å². The number of carbonyl (C=O) groups is 1. The first-order valence-corrected chi connectivity index (χ1v) is 9.64. The van der Waals surface area contributed by atoms with Gasteiger partial charge in [0.25, 0.3) is 0 Å². The number of alkyl halides is 3. The van der Waals surface area contributed by atoms with E-state index < -0.39 is 11.7 Å². The van der Waals surface area contributed by atoms with E-state index in [4.69, 9.17) is 0 Å². The van der Waals surface area contributed by atoms with Crippen LogP contribution < -0.4 is 10.2 Å². The lowest BCUT2D eigenvalue weighted by atomic mass is 10.2. The van der Waals surface area contributed by atoms with E-state index in [0.717, 1.165) is 36.5 Å². The molecule has 1 N–H and O–H groups in total. The summed E-state index contributed by atoms with van der Waals surface area (Å²) in [6.45, 7) is 6.49. The van der Waals surface area contributed by atoms with Crippen LogP contribution in [0.1, 0.15) is 24.5 Å². The molecule has 8 heteroatoms. The van der Waals surface area contributed by atoms with Crippen molar-refractivity contribution in [3.05, 3.63) is 53.7 Å². The highest BCUT2D eigenvalue weighted by molar-refractivity contribution is 5.94. The number of hydrogen-bond acceptors (Lipinski definition) is 4. The Kier molecular flexibility index (Phi) is 6.42. The molecule has 1 aliphatic heterocycles. The minimum atomic E-state index is -4.39. The van der Waals surface area contributed by atoms with Crippen molar-refractivity contribution in [2.45, 2.75) is 32.5 Å². The maximum Gasteiger partial charge on any atom is 0.417 e. The van der Waals surface area contributed by atoms with Crippen molar-refractivity contribution in [1.82, 2.24) is 9.88 Å². The van der Waals surface area contributed by atoms with Crippen LogP contribution in [-0.2, 0) is 11.0 Å². The van der Waals surface area contributed by atoms with Crippen LogP contribution in [0.15, 0.2) is 42.6 Å². The van der Waals surface area contributed by atoms with Crippen molar-refractivity contribution < 1.29 is 18.0 Å². The molecule has 156 valence electrons. The Bertz CT molecular complexity index is 839. The molecule has 3 rings (SSSR count). The largest absolute Gasteiger partial charge is 0.417 e. The molecule has 0 spiro atoms. The maximum atomic E-state index is 12.7. The van der Waals surface area contributed by atoms with E-state index in [1.807, 2.05) is 43.0 Å². The summed E-state index contributed by atoms with van der Waals surface area (Å²) in [5, 5.41) is 2.95. The van der Waals surface area contributed by atoms with Gasteiger partial charge in [0.15, 0.2) is 0 Å². The minimum Gasteiger partial charge on any atom is -0.355 e. The van der Waals surface area contributed by atoms with Gasteiger partial charge in [-0.3, -0.25) is 9.69 Å². The van der Waals surface area contributed by atoms with Gasteiger partial charge in [-0.05, 0) is 50.1 Å². The molecular formula is C21H25F3N4O. The highest BCUT2D eigenvalue weighted by atomic mass is 19.4. The molecule has 29 heavy (non-hydrogen) atoms. The van der Waals surface area contributed by atoms with Crippen LogP contribution in [0, 0.1) is 6.92 Å². The molecule has 0 radical (unpaired) electrons. The number of aromatic nitrogens is 1. The Labute approximate surface area is 168 Å². The van der Waals surface area contributed by atoms with Gasteiger partial charge < -0.3 is 10.2 Å². The summed E-state index contributed by atoms with van der Waals surface area (Å²) in [5.41, 5.74) is 1.09. The fourth-order valence-corrected chi connectivity index (χ4v) is 3.43. The highest BCUT2D eigenvalue weighted by Crippen LogP contribution is 2.29. The minimum absolute atomic E-state index is 0.0725. The number of carbonyl (C=O) groups excluding carboxylic acids is 1. The quantitative estimate of drug-likeness (QED) is 0.835. The lowest BCUT2D eigenvalue weighted by molar-refractivity contribution is -0.137. The number of halogens is 3. The number of anilines is 2. The number of nitrogens with one attached hydrogen (secondary N) is 1. The van der Waals surface area contributed by atoms with Crippen LogP contribution in [0.2, 0.25) is 0 Å². The molecule has 1 aromatic carbocycles. The summed E-state index contributed by atoms with van der Waals surface area (Å²) in [5.74, 6) is 0.452.